The van der Waals surface area contributed by atoms with Crippen molar-refractivity contribution in [2.45, 2.75) is 0 Å². The smallest absolute Gasteiger partial charge is 0.123 e. The fraction of sp³-hybridized carbons (Fsp3) is 0.182. The maximum absolute atomic E-state index is 5.39. The van der Waals surface area contributed by atoms with Gasteiger partial charge in [-0.2, -0.15) is 0 Å². The second-order valence-electron chi connectivity index (χ2n) is 3.00. The maximum Gasteiger partial charge on any atom is 0.123 e. The molecule has 1 aromatic carbocycles. The van der Waals surface area contributed by atoms with Crippen molar-refractivity contribution in [2.24, 2.45) is 5.73 Å². The van der Waals surface area contributed by atoms with Gasteiger partial charge >= 0.3 is 0 Å². The summed E-state index contributed by atoms with van der Waals surface area (Å²) in [6, 6.07) is 7.88. The molecule has 78 valence electrons. The molecule has 0 fully saturated rings. The average Bonchev–Trinajstić information content (AvgIpc) is 2.80. The molecule has 2 rings (SSSR count). The largest absolute Gasteiger partial charge is 0.492 e. The summed E-state index contributed by atoms with van der Waals surface area (Å²) in [7, 11) is 0. The van der Waals surface area contributed by atoms with Gasteiger partial charge in [-0.15, -0.1) is 11.3 Å². The highest BCUT2D eigenvalue weighted by atomic mass is 32.1. The van der Waals surface area contributed by atoms with Gasteiger partial charge in [0, 0.05) is 23.7 Å². The zero-order valence-electron chi connectivity index (χ0n) is 8.22. The average molecular weight is 220 g/mol. The summed E-state index contributed by atoms with van der Waals surface area (Å²) in [5.41, 5.74) is 6.47. The molecule has 0 aliphatic carbocycles. The molecule has 0 spiro atoms. The van der Waals surface area contributed by atoms with Gasteiger partial charge < -0.3 is 10.5 Å². The number of hydrogen-bond donors (Lipinski definition) is 1. The van der Waals surface area contributed by atoms with Gasteiger partial charge in [-0.25, -0.2) is 4.98 Å². The van der Waals surface area contributed by atoms with E-state index < -0.39 is 0 Å². The molecular weight excluding hydrogens is 208 g/mol. The highest BCUT2D eigenvalue weighted by molar-refractivity contribution is 7.13. The SMILES string of the molecule is NCCOc1ccc(-c2nccs2)cc1. The van der Waals surface area contributed by atoms with E-state index in [-0.39, 0.29) is 0 Å². The molecule has 0 saturated heterocycles. The Kier molecular flexibility index (Phi) is 3.32. The van der Waals surface area contributed by atoms with E-state index >= 15 is 0 Å². The molecule has 0 radical (unpaired) electrons. The Hall–Kier alpha value is -1.39. The van der Waals surface area contributed by atoms with Crippen LogP contribution in [0.4, 0.5) is 0 Å². The molecular formula is C11H12N2OS. The third-order valence-corrected chi connectivity index (χ3v) is 2.74. The third kappa shape index (κ3) is 2.55. The molecule has 0 aliphatic rings. The Balaban J connectivity index is 2.11. The van der Waals surface area contributed by atoms with Crippen LogP contribution in [0, 0.1) is 0 Å². The second kappa shape index (κ2) is 4.91. The molecule has 0 saturated carbocycles. The van der Waals surface area contributed by atoms with Crippen LogP contribution < -0.4 is 10.5 Å². The molecule has 0 unspecified atom stereocenters. The van der Waals surface area contributed by atoms with Crippen molar-refractivity contribution < 1.29 is 4.74 Å². The monoisotopic (exact) mass is 220 g/mol. The molecule has 0 amide bonds. The molecule has 0 atom stereocenters. The minimum Gasteiger partial charge on any atom is -0.492 e. The number of aromatic nitrogens is 1. The number of ether oxygens (including phenoxy) is 1. The predicted octanol–water partition coefficient (Wildman–Crippen LogP) is 2.15. The summed E-state index contributed by atoms with van der Waals surface area (Å²) in [5, 5.41) is 2.99. The van der Waals surface area contributed by atoms with Crippen molar-refractivity contribution in [3.8, 4) is 16.3 Å². The van der Waals surface area contributed by atoms with Crippen molar-refractivity contribution in [3.05, 3.63) is 35.8 Å². The number of hydrogen-bond acceptors (Lipinski definition) is 4. The van der Waals surface area contributed by atoms with Gasteiger partial charge in [0.05, 0.1) is 0 Å². The van der Waals surface area contributed by atoms with Crippen molar-refractivity contribution in [1.29, 1.82) is 0 Å². The number of nitrogens with zero attached hydrogens (tertiary/aromatic N) is 1. The minimum absolute atomic E-state index is 0.536. The van der Waals surface area contributed by atoms with E-state index in [4.69, 9.17) is 10.5 Å². The minimum atomic E-state index is 0.536. The Morgan fingerprint density at radius 2 is 2.07 bits per heavy atom. The molecule has 1 heterocycles. The Morgan fingerprint density at radius 1 is 1.27 bits per heavy atom. The summed E-state index contributed by atoms with van der Waals surface area (Å²) in [5.74, 6) is 0.848. The van der Waals surface area contributed by atoms with Crippen LogP contribution >= 0.6 is 11.3 Å². The molecule has 3 nitrogen and oxygen atoms in total. The summed E-state index contributed by atoms with van der Waals surface area (Å²) < 4.78 is 5.39. The first-order chi connectivity index (χ1) is 7.40. The standard InChI is InChI=1S/C11H12N2OS/c12-5-7-14-10-3-1-9(2-4-10)11-13-6-8-15-11/h1-4,6,8H,5,7,12H2. The molecule has 0 bridgehead atoms. The fourth-order valence-corrected chi connectivity index (χ4v) is 1.88. The Bertz CT molecular complexity index is 397. The highest BCUT2D eigenvalue weighted by Gasteiger charge is 2.00. The van der Waals surface area contributed by atoms with Gasteiger partial charge in [0.2, 0.25) is 0 Å². The third-order valence-electron chi connectivity index (χ3n) is 1.92. The lowest BCUT2D eigenvalue weighted by atomic mass is 10.2. The second-order valence-corrected chi connectivity index (χ2v) is 3.89. The Labute approximate surface area is 92.5 Å². The van der Waals surface area contributed by atoms with E-state index in [1.165, 1.54) is 0 Å². The van der Waals surface area contributed by atoms with E-state index in [2.05, 4.69) is 4.98 Å². The van der Waals surface area contributed by atoms with Crippen molar-refractivity contribution >= 4 is 11.3 Å². The lowest BCUT2D eigenvalue weighted by Gasteiger charge is -2.04. The van der Waals surface area contributed by atoms with Gasteiger partial charge in [-0.05, 0) is 24.3 Å². The van der Waals surface area contributed by atoms with Crippen LogP contribution in [0.5, 0.6) is 5.75 Å². The molecule has 15 heavy (non-hydrogen) atoms. The van der Waals surface area contributed by atoms with Crippen LogP contribution in [0.2, 0.25) is 0 Å². The van der Waals surface area contributed by atoms with Crippen LogP contribution in [0.25, 0.3) is 10.6 Å². The quantitative estimate of drug-likeness (QED) is 0.858. The Morgan fingerprint density at radius 3 is 2.67 bits per heavy atom. The fourth-order valence-electron chi connectivity index (χ4n) is 1.24. The predicted molar refractivity (Wildman–Crippen MR) is 62.1 cm³/mol. The van der Waals surface area contributed by atoms with Gasteiger partial charge in [0.1, 0.15) is 17.4 Å². The molecule has 0 aliphatic heterocycles. The first-order valence-electron chi connectivity index (χ1n) is 4.73. The van der Waals surface area contributed by atoms with Crippen molar-refractivity contribution in [3.63, 3.8) is 0 Å². The van der Waals surface area contributed by atoms with Crippen LogP contribution in [-0.2, 0) is 0 Å². The van der Waals surface area contributed by atoms with E-state index in [0.717, 1.165) is 16.3 Å². The lowest BCUT2D eigenvalue weighted by molar-refractivity contribution is 0.328. The van der Waals surface area contributed by atoms with Crippen molar-refractivity contribution in [1.82, 2.24) is 4.98 Å². The zero-order chi connectivity index (χ0) is 10.5. The van der Waals surface area contributed by atoms with Crippen molar-refractivity contribution in [2.75, 3.05) is 13.2 Å². The van der Waals surface area contributed by atoms with Gasteiger partial charge in [0.15, 0.2) is 0 Å². The number of rotatable bonds is 4. The van der Waals surface area contributed by atoms with Gasteiger partial charge in [0.25, 0.3) is 0 Å². The summed E-state index contributed by atoms with van der Waals surface area (Å²) in [6.45, 7) is 1.09. The molecule has 2 N–H and O–H groups in total. The molecule has 4 heteroatoms. The number of nitrogens with two attached hydrogens (primary N) is 1. The van der Waals surface area contributed by atoms with E-state index in [1.807, 2.05) is 29.6 Å². The van der Waals surface area contributed by atoms with Gasteiger partial charge in [-0.1, -0.05) is 0 Å². The highest BCUT2D eigenvalue weighted by Crippen LogP contribution is 2.23. The number of thiazole rings is 1. The summed E-state index contributed by atoms with van der Waals surface area (Å²) in [4.78, 5) is 4.24. The van der Waals surface area contributed by atoms with Gasteiger partial charge in [-0.3, -0.25) is 0 Å². The van der Waals surface area contributed by atoms with Crippen LogP contribution in [0.3, 0.4) is 0 Å². The van der Waals surface area contributed by atoms with E-state index in [0.29, 0.717) is 13.2 Å². The van der Waals surface area contributed by atoms with Crippen LogP contribution in [0.1, 0.15) is 0 Å². The lowest BCUT2D eigenvalue weighted by Crippen LogP contribution is -2.10. The molecule has 2 aromatic rings. The summed E-state index contributed by atoms with van der Waals surface area (Å²) >= 11 is 1.63. The van der Waals surface area contributed by atoms with E-state index in [9.17, 15) is 0 Å². The first-order valence-corrected chi connectivity index (χ1v) is 5.61. The summed E-state index contributed by atoms with van der Waals surface area (Å²) in [6.07, 6.45) is 1.80. The van der Waals surface area contributed by atoms with Crippen LogP contribution in [-0.4, -0.2) is 18.1 Å². The topological polar surface area (TPSA) is 48.1 Å². The first kappa shape index (κ1) is 10.1. The molecule has 1 aromatic heterocycles. The van der Waals surface area contributed by atoms with E-state index in [1.54, 1.807) is 17.5 Å². The zero-order valence-corrected chi connectivity index (χ0v) is 9.04. The maximum atomic E-state index is 5.39. The number of benzene rings is 1. The normalized spacial score (nSPS) is 10.2. The van der Waals surface area contributed by atoms with Crippen LogP contribution in [0.15, 0.2) is 35.8 Å².